The molecule has 2 amide bonds. The van der Waals surface area contributed by atoms with Crippen LogP contribution in [0.1, 0.15) is 34.1 Å². The smallest absolute Gasteiger partial charge is 0.414 e. The number of cyclic esters (lactones) is 1. The molecule has 1 saturated heterocycles. The number of carbonyl (C=O) groups excluding carboxylic acids is 2. The van der Waals surface area contributed by atoms with Crippen molar-refractivity contribution in [1.82, 2.24) is 15.5 Å². The minimum Gasteiger partial charge on any atom is -0.481 e. The highest BCUT2D eigenvalue weighted by atomic mass is 19.1. The van der Waals surface area contributed by atoms with Crippen molar-refractivity contribution in [3.8, 4) is 0 Å². The van der Waals surface area contributed by atoms with Crippen LogP contribution in [0.5, 0.6) is 0 Å². The van der Waals surface area contributed by atoms with Crippen molar-refractivity contribution in [2.24, 2.45) is 10.7 Å². The summed E-state index contributed by atoms with van der Waals surface area (Å²) in [7, 11) is 3.95. The highest BCUT2D eigenvalue weighted by Crippen LogP contribution is 2.25. The normalized spacial score (nSPS) is 17.6. The largest absolute Gasteiger partial charge is 0.481 e. The summed E-state index contributed by atoms with van der Waals surface area (Å²) in [6, 6.07) is 0. The third-order valence-electron chi connectivity index (χ3n) is 5.84. The minimum absolute atomic E-state index is 0.0880. The Kier molecular flexibility index (Phi) is 22.7. The van der Waals surface area contributed by atoms with Gasteiger partial charge in [0.2, 0.25) is 11.8 Å². The number of halogens is 1. The van der Waals surface area contributed by atoms with E-state index in [1.165, 1.54) is 43.5 Å². The van der Waals surface area contributed by atoms with Gasteiger partial charge in [-0.15, -0.1) is 0 Å². The molecular formula is C33H50FN5O6. The minimum atomic E-state index is -0.486. The van der Waals surface area contributed by atoms with Crippen LogP contribution in [0.3, 0.4) is 0 Å². The van der Waals surface area contributed by atoms with Gasteiger partial charge in [-0.05, 0) is 49.3 Å². The summed E-state index contributed by atoms with van der Waals surface area (Å²) >= 11 is 0. The zero-order chi connectivity index (χ0) is 34.0. The van der Waals surface area contributed by atoms with Crippen molar-refractivity contribution in [3.05, 3.63) is 95.2 Å². The Morgan fingerprint density at radius 2 is 2.00 bits per heavy atom. The highest BCUT2D eigenvalue weighted by molar-refractivity contribution is 5.98. The SMILES string of the molecule is CC.CO.C\C=C/C(=C\C=C\C1=C(F)C=C(N2CC(CNCC)OC2=O)C=CC1)CNC(=O)/C=C/C(=C/N)C(=N\COC)/OC. The molecule has 1 aliphatic heterocycles. The van der Waals surface area contributed by atoms with Crippen LogP contribution in [0.4, 0.5) is 9.18 Å². The molecule has 0 aromatic rings. The van der Waals surface area contributed by atoms with Crippen molar-refractivity contribution in [1.29, 1.82) is 0 Å². The molecule has 2 rings (SSSR count). The molecule has 5 N–H and O–H groups in total. The lowest BCUT2D eigenvalue weighted by atomic mass is 10.1. The molecule has 250 valence electrons. The number of methoxy groups -OCH3 is 2. The van der Waals surface area contributed by atoms with Crippen molar-refractivity contribution >= 4 is 17.9 Å². The number of nitrogens with two attached hydrogens (primary N) is 1. The summed E-state index contributed by atoms with van der Waals surface area (Å²) in [6.07, 6.45) is 17.4. The van der Waals surface area contributed by atoms with Gasteiger partial charge in [0.25, 0.3) is 0 Å². The topological polar surface area (TPSA) is 148 Å². The van der Waals surface area contributed by atoms with E-state index in [0.29, 0.717) is 36.4 Å². The van der Waals surface area contributed by atoms with Crippen LogP contribution in [0.15, 0.2) is 100 Å². The summed E-state index contributed by atoms with van der Waals surface area (Å²) in [6.45, 7) is 9.84. The number of aliphatic imine (C=N–C) groups is 1. The van der Waals surface area contributed by atoms with Gasteiger partial charge < -0.3 is 35.7 Å². The predicted octanol–water partition coefficient (Wildman–Crippen LogP) is 4.34. The van der Waals surface area contributed by atoms with Gasteiger partial charge in [0, 0.05) is 45.3 Å². The molecular weight excluding hydrogens is 581 g/mol. The van der Waals surface area contributed by atoms with Crippen LogP contribution in [-0.2, 0) is 19.0 Å². The third-order valence-corrected chi connectivity index (χ3v) is 5.84. The van der Waals surface area contributed by atoms with Crippen molar-refractivity contribution in [3.63, 3.8) is 0 Å². The van der Waals surface area contributed by atoms with Crippen LogP contribution in [0.2, 0.25) is 0 Å². The van der Waals surface area contributed by atoms with Gasteiger partial charge in [0.05, 0.1) is 19.2 Å². The summed E-state index contributed by atoms with van der Waals surface area (Å²) in [4.78, 5) is 30.2. The summed E-state index contributed by atoms with van der Waals surface area (Å²) in [5.74, 6) is -0.542. The Balaban J connectivity index is 0.00000464. The van der Waals surface area contributed by atoms with E-state index in [-0.39, 0.29) is 31.2 Å². The lowest BCUT2D eigenvalue weighted by Gasteiger charge is -2.13. The number of hydrogen-bond donors (Lipinski definition) is 4. The second-order valence-corrected chi connectivity index (χ2v) is 8.83. The average Bonchev–Trinajstić information content (AvgIpc) is 3.33. The van der Waals surface area contributed by atoms with Gasteiger partial charge in [0.1, 0.15) is 18.7 Å². The molecule has 0 saturated carbocycles. The van der Waals surface area contributed by atoms with E-state index in [1.807, 2.05) is 45.9 Å². The Hall–Kier alpha value is -4.26. The van der Waals surface area contributed by atoms with E-state index in [1.54, 1.807) is 24.3 Å². The first-order chi connectivity index (χ1) is 21.9. The first-order valence-corrected chi connectivity index (χ1v) is 14.7. The molecule has 1 fully saturated rings. The molecule has 1 atom stereocenters. The molecule has 1 heterocycles. The first-order valence-electron chi connectivity index (χ1n) is 14.7. The van der Waals surface area contributed by atoms with Crippen molar-refractivity contribution in [2.45, 2.75) is 40.2 Å². The highest BCUT2D eigenvalue weighted by Gasteiger charge is 2.32. The second-order valence-electron chi connectivity index (χ2n) is 8.83. The summed E-state index contributed by atoms with van der Waals surface area (Å²) in [5.41, 5.74) is 7.77. The number of nitrogens with one attached hydrogen (secondary N) is 2. The Labute approximate surface area is 267 Å². The number of carbonyl (C=O) groups is 2. The number of hydrogen-bond acceptors (Lipinski definition) is 9. The fourth-order valence-corrected chi connectivity index (χ4v) is 3.82. The fraction of sp³-hybridized carbons (Fsp3) is 0.424. The molecule has 45 heavy (non-hydrogen) atoms. The lowest BCUT2D eigenvalue weighted by Crippen LogP contribution is -2.30. The van der Waals surface area contributed by atoms with E-state index in [4.69, 9.17) is 25.1 Å². The Morgan fingerprint density at radius 3 is 2.62 bits per heavy atom. The van der Waals surface area contributed by atoms with Gasteiger partial charge in [-0.1, -0.05) is 57.2 Å². The van der Waals surface area contributed by atoms with Gasteiger partial charge in [0.15, 0.2) is 0 Å². The molecule has 0 spiro atoms. The fourth-order valence-electron chi connectivity index (χ4n) is 3.82. The maximum absolute atomic E-state index is 15.1. The molecule has 0 aromatic carbocycles. The molecule has 0 bridgehead atoms. The van der Waals surface area contributed by atoms with Gasteiger partial charge in [-0.2, -0.15) is 0 Å². The zero-order valence-electron chi connectivity index (χ0n) is 27.5. The summed E-state index contributed by atoms with van der Waals surface area (Å²) < 4.78 is 30.5. The van der Waals surface area contributed by atoms with Gasteiger partial charge in [-0.3, -0.25) is 9.69 Å². The molecule has 2 aliphatic rings. The van der Waals surface area contributed by atoms with E-state index in [0.717, 1.165) is 19.2 Å². The lowest BCUT2D eigenvalue weighted by molar-refractivity contribution is -0.116. The standard InChI is InChI=1S/C30H40FN5O5.C2H6.CH4O/c1-5-9-22(18-34-28(37)15-14-24(17-32)29(40-4)35-21-39-3)10-7-11-23-12-8-13-25(16-27(23)31)36-20-26(19-33-6-2)41-30(36)38;2*1-2/h5,7-11,13-17,26,33H,6,12,18-21,32H2,1-4H3,(H,34,37);1-2H3;2H,1H3/b9-5-,11-7+,15-14+,22-10+,24-17-,35-29+;;. The number of nitrogens with zero attached hydrogens (tertiary/aromatic N) is 2. The molecule has 12 heteroatoms. The number of allylic oxidation sites excluding steroid dienone is 9. The van der Waals surface area contributed by atoms with E-state index < -0.39 is 11.9 Å². The number of amides is 2. The molecule has 1 unspecified atom stereocenters. The first kappa shape index (κ1) is 40.7. The van der Waals surface area contributed by atoms with Gasteiger partial charge in [-0.25, -0.2) is 14.2 Å². The van der Waals surface area contributed by atoms with E-state index in [2.05, 4.69) is 15.6 Å². The molecule has 0 radical (unpaired) electrons. The zero-order valence-corrected chi connectivity index (χ0v) is 27.5. The third kappa shape index (κ3) is 15.3. The Morgan fingerprint density at radius 1 is 1.27 bits per heavy atom. The van der Waals surface area contributed by atoms with Crippen LogP contribution < -0.4 is 16.4 Å². The van der Waals surface area contributed by atoms with Crippen LogP contribution in [-0.4, -0.2) is 88.2 Å². The van der Waals surface area contributed by atoms with Crippen LogP contribution in [0, 0.1) is 0 Å². The summed E-state index contributed by atoms with van der Waals surface area (Å²) in [5, 5.41) is 13.0. The van der Waals surface area contributed by atoms with Crippen molar-refractivity contribution < 1.29 is 33.3 Å². The molecule has 1 aliphatic carbocycles. The number of rotatable bonds is 14. The average molecular weight is 632 g/mol. The van der Waals surface area contributed by atoms with E-state index in [9.17, 15) is 9.59 Å². The van der Waals surface area contributed by atoms with Gasteiger partial charge >= 0.3 is 6.09 Å². The maximum atomic E-state index is 15.1. The van der Waals surface area contributed by atoms with Crippen LogP contribution >= 0.6 is 0 Å². The van der Waals surface area contributed by atoms with E-state index >= 15 is 4.39 Å². The monoisotopic (exact) mass is 631 g/mol. The number of ether oxygens (including phenoxy) is 3. The number of aliphatic hydroxyl groups excluding tert-OH is 1. The maximum Gasteiger partial charge on any atom is 0.414 e. The quantitative estimate of drug-likeness (QED) is 0.0958. The second kappa shape index (κ2) is 25.1. The number of likely N-dealkylation sites (N-methyl/N-ethyl adjacent to an activating group) is 1. The van der Waals surface area contributed by atoms with Crippen molar-refractivity contribution in [2.75, 3.05) is 54.2 Å². The Bertz CT molecular complexity index is 1200. The van der Waals surface area contributed by atoms with Crippen LogP contribution in [0.25, 0.3) is 0 Å². The molecule has 0 aromatic heterocycles. The molecule has 11 nitrogen and oxygen atoms in total. The predicted molar refractivity (Wildman–Crippen MR) is 178 cm³/mol. The number of aliphatic hydroxyl groups is 1.